The molecule has 72 valence electrons. The van der Waals surface area contributed by atoms with Gasteiger partial charge in [0.2, 0.25) is 0 Å². The van der Waals surface area contributed by atoms with Gasteiger partial charge in [-0.15, -0.1) is 0 Å². The van der Waals surface area contributed by atoms with Crippen LogP contribution in [0.15, 0.2) is 4.52 Å². The average Bonchev–Trinajstić information content (AvgIpc) is 2.72. The summed E-state index contributed by atoms with van der Waals surface area (Å²) < 4.78 is 10.6. The minimum Gasteiger partial charge on any atom is -0.365 e. The van der Waals surface area contributed by atoms with Gasteiger partial charge in [-0.3, -0.25) is 0 Å². The Morgan fingerprint density at radius 2 is 2.46 bits per heavy atom. The Balaban J connectivity index is 2.23. The van der Waals surface area contributed by atoms with Gasteiger partial charge in [0.05, 0.1) is 6.54 Å². The molecule has 0 amide bonds. The molecule has 1 fully saturated rings. The predicted octanol–water partition coefficient (Wildman–Crippen LogP) is 0.554. The van der Waals surface area contributed by atoms with E-state index in [-0.39, 0.29) is 5.60 Å². The average molecular weight is 183 g/mol. The van der Waals surface area contributed by atoms with Crippen LogP contribution in [0.4, 0.5) is 0 Å². The lowest BCUT2D eigenvalue weighted by Crippen LogP contribution is -2.20. The maximum Gasteiger partial charge on any atom is 0.258 e. The Bertz CT molecular complexity index is 291. The third kappa shape index (κ3) is 1.45. The molecule has 0 bridgehead atoms. The molecule has 0 aromatic carbocycles. The van der Waals surface area contributed by atoms with Crippen LogP contribution >= 0.6 is 0 Å². The van der Waals surface area contributed by atoms with Gasteiger partial charge in [-0.2, -0.15) is 4.98 Å². The van der Waals surface area contributed by atoms with Gasteiger partial charge in [-0.05, 0) is 19.8 Å². The Kier molecular flexibility index (Phi) is 2.05. The van der Waals surface area contributed by atoms with Crippen LogP contribution in [0.1, 0.15) is 31.5 Å². The maximum absolute atomic E-state index is 5.55. The molecular weight excluding hydrogens is 170 g/mol. The van der Waals surface area contributed by atoms with E-state index >= 15 is 0 Å². The van der Waals surface area contributed by atoms with E-state index in [0.29, 0.717) is 18.3 Å². The maximum atomic E-state index is 5.55. The molecule has 2 rings (SSSR count). The molecule has 0 saturated carbocycles. The van der Waals surface area contributed by atoms with Crippen molar-refractivity contribution in [3.05, 3.63) is 11.7 Å². The van der Waals surface area contributed by atoms with Crippen LogP contribution in [0.25, 0.3) is 0 Å². The number of nitrogens with two attached hydrogens (primary N) is 1. The van der Waals surface area contributed by atoms with Crippen LogP contribution in [-0.4, -0.2) is 16.7 Å². The summed E-state index contributed by atoms with van der Waals surface area (Å²) in [5, 5.41) is 3.73. The van der Waals surface area contributed by atoms with Crippen LogP contribution in [0.2, 0.25) is 0 Å². The zero-order valence-corrected chi connectivity index (χ0v) is 7.62. The van der Waals surface area contributed by atoms with Crippen LogP contribution < -0.4 is 5.73 Å². The number of rotatable bonds is 2. The van der Waals surface area contributed by atoms with Gasteiger partial charge in [0, 0.05) is 6.61 Å². The molecule has 1 saturated heterocycles. The Labute approximate surface area is 76.3 Å². The zero-order chi connectivity index (χ0) is 9.31. The minimum absolute atomic E-state index is 0.305. The smallest absolute Gasteiger partial charge is 0.258 e. The molecule has 1 unspecified atom stereocenters. The topological polar surface area (TPSA) is 74.2 Å². The summed E-state index contributed by atoms with van der Waals surface area (Å²) >= 11 is 0. The molecule has 13 heavy (non-hydrogen) atoms. The van der Waals surface area contributed by atoms with Crippen molar-refractivity contribution < 1.29 is 9.26 Å². The molecule has 0 aliphatic carbocycles. The molecule has 0 radical (unpaired) electrons. The summed E-state index contributed by atoms with van der Waals surface area (Å²) in [6.45, 7) is 3.03. The predicted molar refractivity (Wildman–Crippen MR) is 44.7 cm³/mol. The first-order valence-electron chi connectivity index (χ1n) is 4.42. The van der Waals surface area contributed by atoms with Gasteiger partial charge in [-0.25, -0.2) is 0 Å². The van der Waals surface area contributed by atoms with Crippen molar-refractivity contribution in [3.8, 4) is 0 Å². The van der Waals surface area contributed by atoms with Crippen molar-refractivity contribution in [3.63, 3.8) is 0 Å². The van der Waals surface area contributed by atoms with E-state index in [1.807, 2.05) is 6.92 Å². The fourth-order valence-corrected chi connectivity index (χ4v) is 1.50. The van der Waals surface area contributed by atoms with E-state index < -0.39 is 0 Å². The third-order valence-corrected chi connectivity index (χ3v) is 2.32. The fourth-order valence-electron chi connectivity index (χ4n) is 1.50. The molecular formula is C8H13N3O2. The number of hydrogen-bond donors (Lipinski definition) is 1. The largest absolute Gasteiger partial charge is 0.365 e. The third-order valence-electron chi connectivity index (χ3n) is 2.32. The lowest BCUT2D eigenvalue weighted by molar-refractivity contribution is -0.00937. The first-order chi connectivity index (χ1) is 6.24. The molecule has 1 aliphatic rings. The van der Waals surface area contributed by atoms with E-state index in [4.69, 9.17) is 15.0 Å². The van der Waals surface area contributed by atoms with Crippen LogP contribution in [0.5, 0.6) is 0 Å². The Morgan fingerprint density at radius 3 is 3.00 bits per heavy atom. The fraction of sp³-hybridized carbons (Fsp3) is 0.750. The summed E-state index contributed by atoms with van der Waals surface area (Å²) in [6.07, 6.45) is 1.97. The minimum atomic E-state index is -0.388. The standard InChI is InChI=1S/C8H13N3O2/c1-8(3-2-4-12-8)7-10-6(5-9)11-13-7/h2-5,9H2,1H3. The molecule has 1 aromatic rings. The van der Waals surface area contributed by atoms with Crippen LogP contribution in [0, 0.1) is 0 Å². The van der Waals surface area contributed by atoms with E-state index in [1.165, 1.54) is 0 Å². The monoisotopic (exact) mass is 183 g/mol. The highest BCUT2D eigenvalue weighted by molar-refractivity contribution is 4.99. The summed E-state index contributed by atoms with van der Waals surface area (Å²) in [4.78, 5) is 4.15. The highest BCUT2D eigenvalue weighted by atomic mass is 16.5. The van der Waals surface area contributed by atoms with Gasteiger partial charge in [-0.1, -0.05) is 5.16 Å². The zero-order valence-electron chi connectivity index (χ0n) is 7.62. The molecule has 0 spiro atoms. The second-order valence-corrected chi connectivity index (χ2v) is 3.40. The van der Waals surface area contributed by atoms with Crippen LogP contribution in [-0.2, 0) is 16.9 Å². The van der Waals surface area contributed by atoms with Gasteiger partial charge in [0.25, 0.3) is 5.89 Å². The summed E-state index contributed by atoms with van der Waals surface area (Å²) in [6, 6.07) is 0. The quantitative estimate of drug-likeness (QED) is 0.724. The molecule has 5 nitrogen and oxygen atoms in total. The van der Waals surface area contributed by atoms with Gasteiger partial charge < -0.3 is 15.0 Å². The highest BCUT2D eigenvalue weighted by Crippen LogP contribution is 2.34. The highest BCUT2D eigenvalue weighted by Gasteiger charge is 2.37. The number of nitrogens with zero attached hydrogens (tertiary/aromatic N) is 2. The molecule has 5 heteroatoms. The molecule has 1 aromatic heterocycles. The van der Waals surface area contributed by atoms with E-state index in [1.54, 1.807) is 0 Å². The Hall–Kier alpha value is -0.940. The summed E-state index contributed by atoms with van der Waals surface area (Å²) in [7, 11) is 0. The van der Waals surface area contributed by atoms with Crippen molar-refractivity contribution in [2.24, 2.45) is 5.73 Å². The number of ether oxygens (including phenoxy) is 1. The second-order valence-electron chi connectivity index (χ2n) is 3.40. The molecule has 1 atom stereocenters. The lowest BCUT2D eigenvalue weighted by atomic mass is 10.0. The molecule has 2 N–H and O–H groups in total. The van der Waals surface area contributed by atoms with Crippen LogP contribution in [0.3, 0.4) is 0 Å². The number of hydrogen-bond acceptors (Lipinski definition) is 5. The SMILES string of the molecule is CC1(c2nc(CN)no2)CCCO1. The summed E-state index contributed by atoms with van der Waals surface area (Å²) in [5.74, 6) is 1.08. The second kappa shape index (κ2) is 3.08. The van der Waals surface area contributed by atoms with Crippen molar-refractivity contribution in [2.75, 3.05) is 6.61 Å². The van der Waals surface area contributed by atoms with Crippen molar-refractivity contribution in [1.29, 1.82) is 0 Å². The first-order valence-corrected chi connectivity index (χ1v) is 4.42. The normalized spacial score (nSPS) is 28.2. The van der Waals surface area contributed by atoms with Crippen molar-refractivity contribution in [1.82, 2.24) is 10.1 Å². The van der Waals surface area contributed by atoms with Gasteiger partial charge in [0.1, 0.15) is 5.60 Å². The van der Waals surface area contributed by atoms with Gasteiger partial charge >= 0.3 is 0 Å². The van der Waals surface area contributed by atoms with E-state index in [2.05, 4.69) is 10.1 Å². The van der Waals surface area contributed by atoms with Gasteiger partial charge in [0.15, 0.2) is 5.82 Å². The van der Waals surface area contributed by atoms with Crippen molar-refractivity contribution >= 4 is 0 Å². The van der Waals surface area contributed by atoms with E-state index in [0.717, 1.165) is 19.4 Å². The summed E-state index contributed by atoms with van der Waals surface area (Å²) in [5.41, 5.74) is 4.99. The first kappa shape index (κ1) is 8.65. The number of aromatic nitrogens is 2. The van der Waals surface area contributed by atoms with Crippen molar-refractivity contribution in [2.45, 2.75) is 31.9 Å². The lowest BCUT2D eigenvalue weighted by Gasteiger charge is -2.16. The molecule has 2 heterocycles. The Morgan fingerprint density at radius 1 is 1.62 bits per heavy atom. The molecule has 1 aliphatic heterocycles. The van der Waals surface area contributed by atoms with E-state index in [9.17, 15) is 0 Å².